The van der Waals surface area contributed by atoms with E-state index in [4.69, 9.17) is 4.74 Å². The number of nitrogens with zero attached hydrogens (tertiary/aromatic N) is 2. The summed E-state index contributed by atoms with van der Waals surface area (Å²) in [5.41, 5.74) is 0.235. The molecule has 19 heavy (non-hydrogen) atoms. The molecule has 0 spiro atoms. The topological polar surface area (TPSA) is 39.1 Å². The molecule has 1 N–H and O–H groups in total. The summed E-state index contributed by atoms with van der Waals surface area (Å²) in [4.78, 5) is 0. The van der Waals surface area contributed by atoms with Crippen molar-refractivity contribution in [3.8, 4) is 0 Å². The monoisotopic (exact) mass is 265 g/mol. The molecule has 1 fully saturated rings. The van der Waals surface area contributed by atoms with E-state index in [1.807, 2.05) is 23.1 Å². The lowest BCUT2D eigenvalue weighted by atomic mass is 9.64. The lowest BCUT2D eigenvalue weighted by Crippen LogP contribution is -2.61. The summed E-state index contributed by atoms with van der Waals surface area (Å²) in [7, 11) is 0. The first kappa shape index (κ1) is 14.5. The minimum atomic E-state index is 0.235. The van der Waals surface area contributed by atoms with Crippen LogP contribution in [0.4, 0.5) is 0 Å². The van der Waals surface area contributed by atoms with Crippen LogP contribution in [0.3, 0.4) is 0 Å². The van der Waals surface area contributed by atoms with Crippen LogP contribution in [0.15, 0.2) is 18.5 Å². The first-order chi connectivity index (χ1) is 9.00. The van der Waals surface area contributed by atoms with Gasteiger partial charge in [0.15, 0.2) is 0 Å². The van der Waals surface area contributed by atoms with Crippen molar-refractivity contribution in [2.24, 2.45) is 11.3 Å². The molecule has 0 bridgehead atoms. The predicted molar refractivity (Wildman–Crippen MR) is 77.0 cm³/mol. The molecule has 1 saturated carbocycles. The van der Waals surface area contributed by atoms with E-state index in [1.54, 1.807) is 0 Å². The summed E-state index contributed by atoms with van der Waals surface area (Å²) >= 11 is 0. The van der Waals surface area contributed by atoms with E-state index < -0.39 is 0 Å². The highest BCUT2D eigenvalue weighted by atomic mass is 16.5. The third-order valence-electron chi connectivity index (χ3n) is 4.10. The van der Waals surface area contributed by atoms with Crippen LogP contribution in [-0.2, 0) is 11.3 Å². The van der Waals surface area contributed by atoms with Crippen LogP contribution in [0.5, 0.6) is 0 Å². The highest BCUT2D eigenvalue weighted by molar-refractivity contribution is 5.02. The summed E-state index contributed by atoms with van der Waals surface area (Å²) in [5, 5.41) is 7.83. The van der Waals surface area contributed by atoms with Crippen molar-refractivity contribution in [1.82, 2.24) is 15.1 Å². The van der Waals surface area contributed by atoms with Crippen LogP contribution in [0.2, 0.25) is 0 Å². The third kappa shape index (κ3) is 3.57. The fourth-order valence-electron chi connectivity index (χ4n) is 2.61. The molecular weight excluding hydrogens is 238 g/mol. The molecule has 0 aliphatic heterocycles. The number of aromatic nitrogens is 2. The Morgan fingerprint density at radius 2 is 2.26 bits per heavy atom. The van der Waals surface area contributed by atoms with E-state index in [2.05, 4.69) is 38.1 Å². The number of nitrogens with one attached hydrogen (secondary N) is 1. The number of hydrogen-bond acceptors (Lipinski definition) is 3. The molecule has 1 aliphatic rings. The van der Waals surface area contributed by atoms with Crippen molar-refractivity contribution in [2.75, 3.05) is 13.2 Å². The Balaban J connectivity index is 1.69. The van der Waals surface area contributed by atoms with E-state index in [9.17, 15) is 0 Å². The van der Waals surface area contributed by atoms with Crippen LogP contribution in [0, 0.1) is 11.3 Å². The Labute approximate surface area is 116 Å². The Kier molecular flexibility index (Phi) is 4.63. The molecule has 0 saturated heterocycles. The lowest BCUT2D eigenvalue weighted by molar-refractivity contribution is -0.123. The van der Waals surface area contributed by atoms with Gasteiger partial charge in [-0.3, -0.25) is 4.68 Å². The molecule has 4 nitrogen and oxygen atoms in total. The van der Waals surface area contributed by atoms with Gasteiger partial charge in [0.25, 0.3) is 0 Å². The second kappa shape index (κ2) is 6.06. The van der Waals surface area contributed by atoms with Crippen LogP contribution in [0.25, 0.3) is 0 Å². The second-order valence-corrected chi connectivity index (χ2v) is 6.55. The molecule has 2 unspecified atom stereocenters. The summed E-state index contributed by atoms with van der Waals surface area (Å²) < 4.78 is 7.94. The molecule has 0 radical (unpaired) electrons. The van der Waals surface area contributed by atoms with E-state index in [-0.39, 0.29) is 5.41 Å². The third-order valence-corrected chi connectivity index (χ3v) is 4.10. The average Bonchev–Trinajstić information content (AvgIpc) is 2.84. The Bertz CT molecular complexity index is 373. The van der Waals surface area contributed by atoms with Gasteiger partial charge in [-0.1, -0.05) is 27.7 Å². The Morgan fingerprint density at radius 3 is 2.84 bits per heavy atom. The first-order valence-electron chi connectivity index (χ1n) is 7.32. The van der Waals surface area contributed by atoms with Crippen molar-refractivity contribution in [1.29, 1.82) is 0 Å². The fraction of sp³-hybridized carbons (Fsp3) is 0.800. The molecule has 1 aromatic heterocycles. The van der Waals surface area contributed by atoms with Gasteiger partial charge in [-0.2, -0.15) is 5.10 Å². The van der Waals surface area contributed by atoms with Gasteiger partial charge in [0.2, 0.25) is 0 Å². The summed E-state index contributed by atoms with van der Waals surface area (Å²) in [6.07, 6.45) is 5.35. The van der Waals surface area contributed by atoms with Crippen molar-refractivity contribution >= 4 is 0 Å². The molecule has 1 heterocycles. The number of ether oxygens (including phenoxy) is 1. The Morgan fingerprint density at radius 1 is 1.47 bits per heavy atom. The molecule has 0 aromatic carbocycles. The van der Waals surface area contributed by atoms with Crippen molar-refractivity contribution in [3.63, 3.8) is 0 Å². The molecule has 0 amide bonds. The quantitative estimate of drug-likeness (QED) is 0.822. The standard InChI is InChI=1S/C15H27N3O/c1-12(2)11-19-14-10-13(15(14,3)4)16-7-9-18-8-5-6-17-18/h5-6,8,12-14,16H,7,9-11H2,1-4H3. The van der Waals surface area contributed by atoms with Gasteiger partial charge in [0.05, 0.1) is 12.6 Å². The van der Waals surface area contributed by atoms with Crippen molar-refractivity contribution < 1.29 is 4.74 Å². The smallest absolute Gasteiger partial charge is 0.0656 e. The molecular formula is C15H27N3O. The predicted octanol–water partition coefficient (Wildman–Crippen LogP) is 2.31. The highest BCUT2D eigenvalue weighted by Gasteiger charge is 2.48. The fourth-order valence-corrected chi connectivity index (χ4v) is 2.61. The van der Waals surface area contributed by atoms with Crippen molar-refractivity contribution in [2.45, 2.75) is 52.8 Å². The largest absolute Gasteiger partial charge is 0.377 e. The second-order valence-electron chi connectivity index (χ2n) is 6.55. The summed E-state index contributed by atoms with van der Waals surface area (Å²) in [6.45, 7) is 11.8. The van der Waals surface area contributed by atoms with E-state index in [0.717, 1.165) is 26.1 Å². The molecule has 2 atom stereocenters. The van der Waals surface area contributed by atoms with Gasteiger partial charge >= 0.3 is 0 Å². The van der Waals surface area contributed by atoms with Crippen LogP contribution < -0.4 is 5.32 Å². The highest BCUT2D eigenvalue weighted by Crippen LogP contribution is 2.42. The SMILES string of the molecule is CC(C)COC1CC(NCCn2cccn2)C1(C)C. The lowest BCUT2D eigenvalue weighted by Gasteiger charge is -2.52. The van der Waals surface area contributed by atoms with Crippen LogP contribution in [-0.4, -0.2) is 35.1 Å². The van der Waals surface area contributed by atoms with Gasteiger partial charge in [-0.25, -0.2) is 0 Å². The molecule has 108 valence electrons. The zero-order valence-electron chi connectivity index (χ0n) is 12.6. The molecule has 4 heteroatoms. The van der Waals surface area contributed by atoms with Gasteiger partial charge in [0, 0.05) is 37.0 Å². The average molecular weight is 265 g/mol. The summed E-state index contributed by atoms with van der Waals surface area (Å²) in [5.74, 6) is 0.614. The van der Waals surface area contributed by atoms with E-state index >= 15 is 0 Å². The maximum absolute atomic E-state index is 5.98. The maximum Gasteiger partial charge on any atom is 0.0656 e. The van der Waals surface area contributed by atoms with E-state index in [1.165, 1.54) is 0 Å². The first-order valence-corrected chi connectivity index (χ1v) is 7.32. The van der Waals surface area contributed by atoms with Gasteiger partial charge in [0.1, 0.15) is 0 Å². The van der Waals surface area contributed by atoms with E-state index in [0.29, 0.717) is 18.1 Å². The van der Waals surface area contributed by atoms with Crippen LogP contribution >= 0.6 is 0 Å². The molecule has 1 aromatic rings. The Hall–Kier alpha value is -0.870. The van der Waals surface area contributed by atoms with Gasteiger partial charge < -0.3 is 10.1 Å². The molecule has 1 aliphatic carbocycles. The minimum absolute atomic E-state index is 0.235. The zero-order valence-corrected chi connectivity index (χ0v) is 12.6. The van der Waals surface area contributed by atoms with Crippen LogP contribution in [0.1, 0.15) is 34.1 Å². The summed E-state index contributed by atoms with van der Waals surface area (Å²) in [6, 6.07) is 2.52. The minimum Gasteiger partial charge on any atom is -0.377 e. The van der Waals surface area contributed by atoms with Gasteiger partial charge in [-0.15, -0.1) is 0 Å². The maximum atomic E-state index is 5.98. The van der Waals surface area contributed by atoms with Crippen molar-refractivity contribution in [3.05, 3.63) is 18.5 Å². The number of hydrogen-bond donors (Lipinski definition) is 1. The van der Waals surface area contributed by atoms with Gasteiger partial charge in [-0.05, 0) is 18.4 Å². The number of rotatable bonds is 7. The molecule has 2 rings (SSSR count). The zero-order chi connectivity index (χ0) is 13.9. The normalized spacial score (nSPS) is 25.5.